The van der Waals surface area contributed by atoms with Gasteiger partial charge in [-0.3, -0.25) is 9.59 Å². The van der Waals surface area contributed by atoms with E-state index in [9.17, 15) is 14.7 Å². The molecule has 0 bridgehead atoms. The van der Waals surface area contributed by atoms with Gasteiger partial charge in [-0.1, -0.05) is 17.7 Å². The number of methoxy groups -OCH3 is 1. The lowest BCUT2D eigenvalue weighted by Crippen LogP contribution is -2.57. The molecule has 3 rings (SSSR count). The molecule has 6 nitrogen and oxygen atoms in total. The van der Waals surface area contributed by atoms with E-state index in [1.807, 2.05) is 13.0 Å². The van der Waals surface area contributed by atoms with Crippen molar-refractivity contribution in [1.82, 2.24) is 4.90 Å². The first-order valence-electron chi connectivity index (χ1n) is 8.14. The van der Waals surface area contributed by atoms with Crippen LogP contribution in [0.2, 0.25) is 5.02 Å². The molecule has 0 saturated carbocycles. The molecule has 0 unspecified atom stereocenters. The van der Waals surface area contributed by atoms with Crippen LogP contribution in [0.4, 0.5) is 5.69 Å². The number of ether oxygens (including phenoxy) is 1. The molecule has 2 aromatic carbocycles. The number of aromatic hydroxyl groups is 1. The predicted octanol–water partition coefficient (Wildman–Crippen LogP) is 2.93. The van der Waals surface area contributed by atoms with E-state index >= 15 is 0 Å². The fraction of sp³-hybridized carbons (Fsp3) is 0.263. The van der Waals surface area contributed by atoms with Crippen molar-refractivity contribution < 1.29 is 19.4 Å². The highest BCUT2D eigenvalue weighted by Gasteiger charge is 2.34. The topological polar surface area (TPSA) is 70.1 Å². The van der Waals surface area contributed by atoms with Crippen LogP contribution in [0, 0.1) is 0 Å². The van der Waals surface area contributed by atoms with Crippen LogP contribution in [0.5, 0.6) is 11.5 Å². The van der Waals surface area contributed by atoms with Gasteiger partial charge < -0.3 is 19.6 Å². The summed E-state index contributed by atoms with van der Waals surface area (Å²) in [6.07, 6.45) is 0. The Kier molecular flexibility index (Phi) is 5.04. The number of phenolic OH excluding ortho intramolecular Hbond substituents is 1. The minimum absolute atomic E-state index is 0.0424. The van der Waals surface area contributed by atoms with E-state index in [2.05, 4.69) is 0 Å². The highest BCUT2D eigenvalue weighted by molar-refractivity contribution is 6.30. The number of hydrogen-bond donors (Lipinski definition) is 1. The van der Waals surface area contributed by atoms with Gasteiger partial charge in [-0.25, -0.2) is 0 Å². The molecule has 2 amide bonds. The van der Waals surface area contributed by atoms with Crippen molar-refractivity contribution in [2.45, 2.75) is 13.0 Å². The molecule has 1 aliphatic rings. The van der Waals surface area contributed by atoms with E-state index in [1.165, 1.54) is 24.1 Å². The van der Waals surface area contributed by atoms with Crippen LogP contribution in [-0.4, -0.2) is 48.1 Å². The van der Waals surface area contributed by atoms with Gasteiger partial charge in [0.05, 0.1) is 7.11 Å². The molecule has 1 aliphatic heterocycles. The maximum Gasteiger partial charge on any atom is 0.254 e. The maximum absolute atomic E-state index is 12.8. The van der Waals surface area contributed by atoms with Gasteiger partial charge in [-0.15, -0.1) is 0 Å². The smallest absolute Gasteiger partial charge is 0.254 e. The van der Waals surface area contributed by atoms with Crippen molar-refractivity contribution in [2.24, 2.45) is 0 Å². The van der Waals surface area contributed by atoms with Crippen LogP contribution in [0.3, 0.4) is 0 Å². The van der Waals surface area contributed by atoms with Crippen molar-refractivity contribution in [1.29, 1.82) is 0 Å². The van der Waals surface area contributed by atoms with Gasteiger partial charge in [-0.05, 0) is 43.3 Å². The lowest BCUT2D eigenvalue weighted by atomic mass is 10.1. The molecule has 1 N–H and O–H groups in total. The molecule has 1 fully saturated rings. The summed E-state index contributed by atoms with van der Waals surface area (Å²) in [6, 6.07) is 11.3. The summed E-state index contributed by atoms with van der Waals surface area (Å²) in [4.78, 5) is 28.5. The number of benzene rings is 2. The first-order valence-corrected chi connectivity index (χ1v) is 8.52. The SMILES string of the molecule is COc1ccc(C(=O)N2CC(=O)N(c3cccc(Cl)c3)C[C@@H]2C)cc1O. The zero-order valence-electron chi connectivity index (χ0n) is 14.5. The van der Waals surface area contributed by atoms with Crippen LogP contribution in [0.25, 0.3) is 0 Å². The number of rotatable bonds is 3. The van der Waals surface area contributed by atoms with E-state index < -0.39 is 0 Å². The predicted molar refractivity (Wildman–Crippen MR) is 99.0 cm³/mol. The Labute approximate surface area is 156 Å². The highest BCUT2D eigenvalue weighted by atomic mass is 35.5. The molecular formula is C19H19ClN2O4. The largest absolute Gasteiger partial charge is 0.504 e. The second-order valence-corrected chi connectivity index (χ2v) is 6.59. The Hall–Kier alpha value is -2.73. The quantitative estimate of drug-likeness (QED) is 0.896. The number of anilines is 1. The van der Waals surface area contributed by atoms with Crippen molar-refractivity contribution in [3.63, 3.8) is 0 Å². The van der Waals surface area contributed by atoms with Crippen molar-refractivity contribution in [2.75, 3.05) is 25.1 Å². The second kappa shape index (κ2) is 7.25. The average Bonchev–Trinajstić information content (AvgIpc) is 2.62. The number of piperazine rings is 1. The average molecular weight is 375 g/mol. The standard InChI is InChI=1S/C19H19ClN2O4/c1-12-10-22(15-5-3-4-14(20)9-15)18(24)11-21(12)19(25)13-6-7-17(26-2)16(23)8-13/h3-9,12,23H,10-11H2,1-2H3/t12-/m0/s1. The van der Waals surface area contributed by atoms with E-state index in [1.54, 1.807) is 29.2 Å². The van der Waals surface area contributed by atoms with Crippen molar-refractivity contribution >= 4 is 29.1 Å². The molecule has 0 spiro atoms. The number of nitrogens with zero attached hydrogens (tertiary/aromatic N) is 2. The maximum atomic E-state index is 12.8. The molecule has 0 aliphatic carbocycles. The van der Waals surface area contributed by atoms with E-state index in [0.29, 0.717) is 22.8 Å². The molecular weight excluding hydrogens is 356 g/mol. The summed E-state index contributed by atoms with van der Waals surface area (Å²) >= 11 is 6.01. The zero-order chi connectivity index (χ0) is 18.8. The van der Waals surface area contributed by atoms with E-state index in [4.69, 9.17) is 16.3 Å². The lowest BCUT2D eigenvalue weighted by Gasteiger charge is -2.39. The Morgan fingerprint density at radius 1 is 1.27 bits per heavy atom. The summed E-state index contributed by atoms with van der Waals surface area (Å²) in [5.41, 5.74) is 1.02. The fourth-order valence-corrected chi connectivity index (χ4v) is 3.19. The van der Waals surface area contributed by atoms with Crippen LogP contribution in [-0.2, 0) is 4.79 Å². The summed E-state index contributed by atoms with van der Waals surface area (Å²) < 4.78 is 4.99. The van der Waals surface area contributed by atoms with Gasteiger partial charge in [0.15, 0.2) is 11.5 Å². The fourth-order valence-electron chi connectivity index (χ4n) is 3.01. The van der Waals surface area contributed by atoms with Gasteiger partial charge in [0.1, 0.15) is 6.54 Å². The number of carbonyl (C=O) groups is 2. The first-order chi connectivity index (χ1) is 12.4. The van der Waals surface area contributed by atoms with Crippen molar-refractivity contribution in [3.8, 4) is 11.5 Å². The van der Waals surface area contributed by atoms with E-state index in [0.717, 1.165) is 0 Å². The normalized spacial score (nSPS) is 17.3. The molecule has 0 radical (unpaired) electrons. The Balaban J connectivity index is 1.80. The molecule has 136 valence electrons. The van der Waals surface area contributed by atoms with Crippen LogP contribution in [0.1, 0.15) is 17.3 Å². The number of amides is 2. The minimum Gasteiger partial charge on any atom is -0.504 e. The number of phenols is 1. The van der Waals surface area contributed by atoms with Gasteiger partial charge in [0, 0.05) is 28.9 Å². The van der Waals surface area contributed by atoms with Crippen molar-refractivity contribution in [3.05, 3.63) is 53.1 Å². The molecule has 26 heavy (non-hydrogen) atoms. The number of halogens is 1. The Morgan fingerprint density at radius 2 is 2.04 bits per heavy atom. The summed E-state index contributed by atoms with van der Waals surface area (Å²) in [5, 5.41) is 10.4. The van der Waals surface area contributed by atoms with Crippen LogP contribution >= 0.6 is 11.6 Å². The molecule has 2 aromatic rings. The molecule has 0 aromatic heterocycles. The second-order valence-electron chi connectivity index (χ2n) is 6.15. The Morgan fingerprint density at radius 3 is 2.69 bits per heavy atom. The monoisotopic (exact) mass is 374 g/mol. The van der Waals surface area contributed by atoms with Gasteiger partial charge in [0.25, 0.3) is 5.91 Å². The lowest BCUT2D eigenvalue weighted by molar-refractivity contribution is -0.121. The molecule has 1 heterocycles. The first kappa shape index (κ1) is 18.1. The Bertz CT molecular complexity index is 855. The summed E-state index contributed by atoms with van der Waals surface area (Å²) in [5.74, 6) is -0.322. The molecule has 7 heteroatoms. The third-order valence-corrected chi connectivity index (χ3v) is 4.63. The van der Waals surface area contributed by atoms with Crippen LogP contribution in [0.15, 0.2) is 42.5 Å². The van der Waals surface area contributed by atoms with Gasteiger partial charge in [-0.2, -0.15) is 0 Å². The summed E-state index contributed by atoms with van der Waals surface area (Å²) in [7, 11) is 1.44. The highest BCUT2D eigenvalue weighted by Crippen LogP contribution is 2.28. The van der Waals surface area contributed by atoms with Gasteiger partial charge in [0.2, 0.25) is 5.91 Å². The number of carbonyl (C=O) groups excluding carboxylic acids is 2. The number of hydrogen-bond acceptors (Lipinski definition) is 4. The third kappa shape index (κ3) is 3.46. The van der Waals surface area contributed by atoms with E-state index in [-0.39, 0.29) is 35.9 Å². The van der Waals surface area contributed by atoms with Crippen LogP contribution < -0.4 is 9.64 Å². The molecule has 1 saturated heterocycles. The van der Waals surface area contributed by atoms with Gasteiger partial charge >= 0.3 is 0 Å². The molecule has 1 atom stereocenters. The zero-order valence-corrected chi connectivity index (χ0v) is 15.2. The summed E-state index contributed by atoms with van der Waals surface area (Å²) in [6.45, 7) is 2.21. The third-order valence-electron chi connectivity index (χ3n) is 4.39. The minimum atomic E-state index is -0.311.